The minimum atomic E-state index is -0.552. The van der Waals surface area contributed by atoms with Gasteiger partial charge >= 0.3 is 0 Å². The maximum atomic E-state index is 12.0. The molecule has 0 aliphatic rings. The van der Waals surface area contributed by atoms with E-state index in [1.807, 2.05) is 0 Å². The summed E-state index contributed by atoms with van der Waals surface area (Å²) in [6, 6.07) is 3.36. The number of amides is 1. The summed E-state index contributed by atoms with van der Waals surface area (Å²) < 4.78 is 5.88. The Bertz CT molecular complexity index is 774. The Kier molecular flexibility index (Phi) is 4.39. The van der Waals surface area contributed by atoms with E-state index in [1.54, 1.807) is 25.3 Å². The Morgan fingerprint density at radius 3 is 2.95 bits per heavy atom. The molecule has 0 aliphatic heterocycles. The number of carbonyl (C=O) groups excluding carboxylic acids is 1. The molecule has 108 valence electrons. The average Bonchev–Trinajstić information content (AvgIpc) is 2.85. The number of nitrogens with one attached hydrogen (secondary N) is 1. The highest BCUT2D eigenvalue weighted by Gasteiger charge is 2.13. The van der Waals surface area contributed by atoms with Gasteiger partial charge in [0.25, 0.3) is 5.56 Å². The van der Waals surface area contributed by atoms with Crippen LogP contribution >= 0.6 is 11.8 Å². The lowest BCUT2D eigenvalue weighted by molar-refractivity contribution is -0.116. The van der Waals surface area contributed by atoms with Crippen LogP contribution in [0.2, 0.25) is 0 Å². The van der Waals surface area contributed by atoms with E-state index < -0.39 is 11.5 Å². The number of thioether (sulfide) groups is 1. The number of hydrogen-bond acceptors (Lipinski definition) is 7. The molecular formula is C12H11N5O3S. The summed E-state index contributed by atoms with van der Waals surface area (Å²) in [4.78, 5) is 27.9. The minimum Gasteiger partial charge on any atom is -0.360 e. The van der Waals surface area contributed by atoms with Crippen molar-refractivity contribution in [2.45, 2.75) is 18.5 Å². The number of anilines is 1. The van der Waals surface area contributed by atoms with Crippen LogP contribution in [0.1, 0.15) is 11.3 Å². The van der Waals surface area contributed by atoms with Crippen molar-refractivity contribution in [2.75, 3.05) is 11.6 Å². The van der Waals surface area contributed by atoms with E-state index in [1.165, 1.54) is 18.1 Å². The van der Waals surface area contributed by atoms with Crippen LogP contribution in [0.15, 0.2) is 26.7 Å². The highest BCUT2D eigenvalue weighted by atomic mass is 32.2. The smallest absolute Gasteiger partial charge is 0.272 e. The van der Waals surface area contributed by atoms with Crippen LogP contribution in [0.5, 0.6) is 0 Å². The molecule has 0 spiro atoms. The first-order valence-corrected chi connectivity index (χ1v) is 7.04. The minimum absolute atomic E-state index is 0.0740. The fourth-order valence-electron chi connectivity index (χ4n) is 1.60. The molecule has 0 radical (unpaired) electrons. The van der Waals surface area contributed by atoms with Crippen LogP contribution in [0.25, 0.3) is 0 Å². The summed E-state index contributed by atoms with van der Waals surface area (Å²) in [5.74, 6) is 0.355. The van der Waals surface area contributed by atoms with E-state index in [0.717, 1.165) is 4.57 Å². The molecule has 0 fully saturated rings. The molecule has 1 N–H and O–H groups in total. The van der Waals surface area contributed by atoms with Gasteiger partial charge in [0.05, 0.1) is 6.33 Å². The molecule has 0 saturated carbocycles. The van der Waals surface area contributed by atoms with Crippen LogP contribution in [-0.4, -0.2) is 26.9 Å². The summed E-state index contributed by atoms with van der Waals surface area (Å²) in [5.41, 5.74) is -0.626. The van der Waals surface area contributed by atoms with Crippen molar-refractivity contribution in [3.05, 3.63) is 34.1 Å². The molecule has 9 heteroatoms. The Hall–Kier alpha value is -2.60. The Morgan fingerprint density at radius 1 is 1.62 bits per heavy atom. The summed E-state index contributed by atoms with van der Waals surface area (Å²) in [7, 11) is 0. The Morgan fingerprint density at radius 2 is 2.38 bits per heavy atom. The number of aryl methyl sites for hydroxylation is 1. The number of hydrogen-bond donors (Lipinski definition) is 1. The van der Waals surface area contributed by atoms with Crippen molar-refractivity contribution >= 4 is 23.5 Å². The first-order chi connectivity index (χ1) is 10.0. The number of nitrogens with zero attached hydrogens (tertiary/aromatic N) is 4. The van der Waals surface area contributed by atoms with E-state index in [2.05, 4.69) is 15.5 Å². The standard InChI is InChI=1S/C12H11N5O3S/c1-7-3-9(16-20-7)15-10(18)5-17-6-14-11(21-2)8(4-13)12(17)19/h3,6H,5H2,1-2H3,(H,15,16,18). The molecule has 2 rings (SSSR count). The number of carbonyl (C=O) groups is 1. The van der Waals surface area contributed by atoms with Crippen LogP contribution in [0.3, 0.4) is 0 Å². The predicted molar refractivity (Wildman–Crippen MR) is 74.9 cm³/mol. The summed E-state index contributed by atoms with van der Waals surface area (Å²) in [6.45, 7) is 1.43. The van der Waals surface area contributed by atoms with Crippen molar-refractivity contribution in [1.82, 2.24) is 14.7 Å². The second-order valence-corrected chi connectivity index (χ2v) is 4.84. The zero-order chi connectivity index (χ0) is 15.4. The van der Waals surface area contributed by atoms with E-state index in [9.17, 15) is 9.59 Å². The van der Waals surface area contributed by atoms with E-state index in [-0.39, 0.29) is 17.9 Å². The third-order valence-electron chi connectivity index (χ3n) is 2.52. The molecule has 0 aromatic carbocycles. The highest BCUT2D eigenvalue weighted by Crippen LogP contribution is 2.12. The van der Waals surface area contributed by atoms with E-state index in [4.69, 9.17) is 9.78 Å². The molecule has 0 unspecified atom stereocenters. The number of nitriles is 1. The second kappa shape index (κ2) is 6.23. The van der Waals surface area contributed by atoms with Gasteiger partial charge in [-0.3, -0.25) is 14.2 Å². The molecule has 2 aromatic heterocycles. The van der Waals surface area contributed by atoms with Gasteiger partial charge in [0.2, 0.25) is 5.91 Å². The van der Waals surface area contributed by atoms with Gasteiger partial charge < -0.3 is 9.84 Å². The average molecular weight is 305 g/mol. The van der Waals surface area contributed by atoms with Gasteiger partial charge in [-0.25, -0.2) is 4.98 Å². The van der Waals surface area contributed by atoms with Crippen molar-refractivity contribution in [1.29, 1.82) is 5.26 Å². The number of aromatic nitrogens is 3. The van der Waals surface area contributed by atoms with Crippen molar-refractivity contribution in [2.24, 2.45) is 0 Å². The molecule has 8 nitrogen and oxygen atoms in total. The van der Waals surface area contributed by atoms with Crippen molar-refractivity contribution in [3.63, 3.8) is 0 Å². The molecule has 2 heterocycles. The monoisotopic (exact) mass is 305 g/mol. The van der Waals surface area contributed by atoms with Gasteiger partial charge in [-0.1, -0.05) is 5.16 Å². The fourth-order valence-corrected chi connectivity index (χ4v) is 2.09. The SMILES string of the molecule is CSc1ncn(CC(=O)Nc2cc(C)on2)c(=O)c1C#N. The van der Waals surface area contributed by atoms with Gasteiger partial charge in [-0.05, 0) is 13.2 Å². The third kappa shape index (κ3) is 3.29. The third-order valence-corrected chi connectivity index (χ3v) is 3.21. The van der Waals surface area contributed by atoms with Crippen molar-refractivity contribution in [3.8, 4) is 6.07 Å². The lowest BCUT2D eigenvalue weighted by Gasteiger charge is -2.06. The molecule has 0 saturated heterocycles. The highest BCUT2D eigenvalue weighted by molar-refractivity contribution is 7.98. The largest absolute Gasteiger partial charge is 0.360 e. The van der Waals surface area contributed by atoms with Crippen LogP contribution in [0, 0.1) is 18.3 Å². The quantitative estimate of drug-likeness (QED) is 0.655. The topological polar surface area (TPSA) is 114 Å². The molecule has 0 aliphatic carbocycles. The zero-order valence-corrected chi connectivity index (χ0v) is 12.1. The lowest BCUT2D eigenvalue weighted by Crippen LogP contribution is -2.29. The summed E-state index contributed by atoms with van der Waals surface area (Å²) in [5, 5.41) is 15.4. The van der Waals surface area contributed by atoms with Gasteiger partial charge in [0.1, 0.15) is 29.0 Å². The molecule has 0 atom stereocenters. The van der Waals surface area contributed by atoms with Gasteiger partial charge in [0.15, 0.2) is 5.82 Å². The maximum absolute atomic E-state index is 12.0. The fraction of sp³-hybridized carbons (Fsp3) is 0.250. The molecular weight excluding hydrogens is 294 g/mol. The molecule has 21 heavy (non-hydrogen) atoms. The molecule has 2 aromatic rings. The summed E-state index contributed by atoms with van der Waals surface area (Å²) in [6.07, 6.45) is 2.95. The predicted octanol–water partition coefficient (Wildman–Crippen LogP) is 0.772. The lowest BCUT2D eigenvalue weighted by atomic mass is 10.3. The van der Waals surface area contributed by atoms with Crippen LogP contribution < -0.4 is 10.9 Å². The maximum Gasteiger partial charge on any atom is 0.272 e. The number of rotatable bonds is 4. The second-order valence-electron chi connectivity index (χ2n) is 4.04. The first-order valence-electron chi connectivity index (χ1n) is 5.82. The van der Waals surface area contributed by atoms with Crippen molar-refractivity contribution < 1.29 is 9.32 Å². The van der Waals surface area contributed by atoms with E-state index in [0.29, 0.717) is 10.8 Å². The Balaban J connectivity index is 2.18. The van der Waals surface area contributed by atoms with Gasteiger partial charge in [0, 0.05) is 6.07 Å². The summed E-state index contributed by atoms with van der Waals surface area (Å²) >= 11 is 1.20. The van der Waals surface area contributed by atoms with Crippen LogP contribution in [0.4, 0.5) is 5.82 Å². The van der Waals surface area contributed by atoms with Gasteiger partial charge in [-0.2, -0.15) is 5.26 Å². The normalized spacial score (nSPS) is 10.1. The zero-order valence-electron chi connectivity index (χ0n) is 11.3. The van der Waals surface area contributed by atoms with Gasteiger partial charge in [-0.15, -0.1) is 11.8 Å². The molecule has 0 bridgehead atoms. The van der Waals surface area contributed by atoms with E-state index >= 15 is 0 Å². The Labute approximate surface area is 123 Å². The van der Waals surface area contributed by atoms with Crippen LogP contribution in [-0.2, 0) is 11.3 Å². The molecule has 1 amide bonds. The first kappa shape index (κ1) is 14.8.